The zero-order valence-corrected chi connectivity index (χ0v) is 13.7. The standard InChI is InChI=1S/C15H25NOSi/c1-15(2,3)14(17)16(4)12-8-10-13(11-9-12)18(5,6)7/h8-11H,1-7H3. The van der Waals surface area contributed by atoms with Crippen LogP contribution in [0.2, 0.25) is 19.6 Å². The van der Waals surface area contributed by atoms with Gasteiger partial charge in [-0.3, -0.25) is 4.79 Å². The molecule has 2 nitrogen and oxygen atoms in total. The monoisotopic (exact) mass is 263 g/mol. The maximum atomic E-state index is 12.2. The minimum atomic E-state index is -1.26. The molecule has 0 bridgehead atoms. The van der Waals surface area contributed by atoms with Crippen LogP contribution in [0.3, 0.4) is 0 Å². The summed E-state index contributed by atoms with van der Waals surface area (Å²) < 4.78 is 0. The topological polar surface area (TPSA) is 20.3 Å². The summed E-state index contributed by atoms with van der Waals surface area (Å²) in [6.45, 7) is 12.8. The Morgan fingerprint density at radius 1 is 1.06 bits per heavy atom. The fourth-order valence-electron chi connectivity index (χ4n) is 1.81. The SMILES string of the molecule is CN(C(=O)C(C)(C)C)c1ccc([Si](C)(C)C)cc1. The van der Waals surface area contributed by atoms with Gasteiger partial charge >= 0.3 is 0 Å². The zero-order valence-electron chi connectivity index (χ0n) is 12.7. The Morgan fingerprint density at radius 3 is 1.83 bits per heavy atom. The van der Waals surface area contributed by atoms with Crippen molar-refractivity contribution in [1.29, 1.82) is 0 Å². The molecule has 1 aromatic carbocycles. The number of benzene rings is 1. The average molecular weight is 263 g/mol. The van der Waals surface area contributed by atoms with E-state index >= 15 is 0 Å². The lowest BCUT2D eigenvalue weighted by atomic mass is 9.95. The Hall–Kier alpha value is -1.09. The molecular formula is C15H25NOSi. The van der Waals surface area contributed by atoms with Crippen LogP contribution in [0.4, 0.5) is 5.69 Å². The molecule has 3 heteroatoms. The minimum Gasteiger partial charge on any atom is -0.315 e. The van der Waals surface area contributed by atoms with Gasteiger partial charge in [-0.05, 0) is 12.1 Å². The van der Waals surface area contributed by atoms with Gasteiger partial charge in [0.1, 0.15) is 0 Å². The van der Waals surface area contributed by atoms with Crippen LogP contribution < -0.4 is 10.1 Å². The van der Waals surface area contributed by atoms with E-state index in [-0.39, 0.29) is 11.3 Å². The highest BCUT2D eigenvalue weighted by atomic mass is 28.3. The van der Waals surface area contributed by atoms with Gasteiger partial charge in [-0.2, -0.15) is 0 Å². The maximum Gasteiger partial charge on any atom is 0.232 e. The number of hydrogen-bond acceptors (Lipinski definition) is 1. The third-order valence-corrected chi connectivity index (χ3v) is 5.13. The van der Waals surface area contributed by atoms with E-state index in [9.17, 15) is 4.79 Å². The van der Waals surface area contributed by atoms with Crippen molar-refractivity contribution in [3.05, 3.63) is 24.3 Å². The number of amides is 1. The quantitative estimate of drug-likeness (QED) is 0.750. The van der Waals surface area contributed by atoms with E-state index in [1.165, 1.54) is 5.19 Å². The van der Waals surface area contributed by atoms with Gasteiger partial charge in [-0.15, -0.1) is 0 Å². The van der Waals surface area contributed by atoms with Crippen molar-refractivity contribution in [2.24, 2.45) is 5.41 Å². The first-order chi connectivity index (χ1) is 8.03. The largest absolute Gasteiger partial charge is 0.315 e. The zero-order chi connectivity index (χ0) is 14.1. The van der Waals surface area contributed by atoms with Crippen molar-refractivity contribution in [3.63, 3.8) is 0 Å². The molecule has 0 aliphatic rings. The van der Waals surface area contributed by atoms with Crippen molar-refractivity contribution in [2.45, 2.75) is 40.4 Å². The molecule has 0 saturated heterocycles. The van der Waals surface area contributed by atoms with Crippen molar-refractivity contribution in [2.75, 3.05) is 11.9 Å². The van der Waals surface area contributed by atoms with Crippen molar-refractivity contribution in [1.82, 2.24) is 0 Å². The number of rotatable bonds is 2. The van der Waals surface area contributed by atoms with E-state index in [0.717, 1.165) is 5.69 Å². The van der Waals surface area contributed by atoms with Gasteiger partial charge in [0.25, 0.3) is 0 Å². The highest BCUT2D eigenvalue weighted by Gasteiger charge is 2.26. The van der Waals surface area contributed by atoms with Crippen LogP contribution in [0.15, 0.2) is 24.3 Å². The molecule has 18 heavy (non-hydrogen) atoms. The molecule has 0 unspecified atom stereocenters. The smallest absolute Gasteiger partial charge is 0.232 e. The molecule has 0 fully saturated rings. The summed E-state index contributed by atoms with van der Waals surface area (Å²) in [5, 5.41) is 1.42. The predicted octanol–water partition coefficient (Wildman–Crippen LogP) is 3.24. The molecule has 0 radical (unpaired) electrons. The van der Waals surface area contributed by atoms with Crippen LogP contribution in [0.1, 0.15) is 20.8 Å². The third-order valence-electron chi connectivity index (χ3n) is 3.07. The molecule has 1 amide bonds. The molecule has 0 N–H and O–H groups in total. The van der Waals surface area contributed by atoms with Crippen molar-refractivity contribution < 1.29 is 4.79 Å². The Kier molecular flexibility index (Phi) is 4.06. The molecule has 0 saturated carbocycles. The van der Waals surface area contributed by atoms with E-state index in [1.807, 2.05) is 27.8 Å². The molecule has 0 aliphatic heterocycles. The summed E-state index contributed by atoms with van der Waals surface area (Å²) in [6, 6.07) is 8.43. The van der Waals surface area contributed by atoms with Gasteiger partial charge in [0.05, 0.1) is 8.07 Å². The summed E-state index contributed by atoms with van der Waals surface area (Å²) >= 11 is 0. The number of carbonyl (C=O) groups excluding carboxylic acids is 1. The normalized spacial score (nSPS) is 12.4. The van der Waals surface area contributed by atoms with Crippen LogP contribution in [0.5, 0.6) is 0 Å². The van der Waals surface area contributed by atoms with Crippen molar-refractivity contribution >= 4 is 24.9 Å². The number of hydrogen-bond donors (Lipinski definition) is 0. The molecule has 0 aromatic heterocycles. The fraction of sp³-hybridized carbons (Fsp3) is 0.533. The highest BCUT2D eigenvalue weighted by molar-refractivity contribution is 6.88. The van der Waals surface area contributed by atoms with E-state index < -0.39 is 8.07 Å². The van der Waals surface area contributed by atoms with E-state index in [1.54, 1.807) is 4.90 Å². The molecule has 0 spiro atoms. The van der Waals surface area contributed by atoms with E-state index in [0.29, 0.717) is 0 Å². The van der Waals surface area contributed by atoms with Crippen LogP contribution in [-0.4, -0.2) is 21.0 Å². The second-order valence-corrected chi connectivity index (χ2v) is 12.0. The number of nitrogens with zero attached hydrogens (tertiary/aromatic N) is 1. The van der Waals surface area contributed by atoms with Gasteiger partial charge < -0.3 is 4.90 Å². The second-order valence-electron chi connectivity index (χ2n) is 6.91. The Morgan fingerprint density at radius 2 is 1.50 bits per heavy atom. The molecule has 1 aromatic rings. The van der Waals surface area contributed by atoms with E-state index in [2.05, 4.69) is 43.9 Å². The molecule has 100 valence electrons. The lowest BCUT2D eigenvalue weighted by Gasteiger charge is -2.26. The maximum absolute atomic E-state index is 12.2. The Balaban J connectivity index is 2.96. The summed E-state index contributed by atoms with van der Waals surface area (Å²) in [5.74, 6) is 0.142. The summed E-state index contributed by atoms with van der Waals surface area (Å²) in [4.78, 5) is 13.9. The van der Waals surface area contributed by atoms with E-state index in [4.69, 9.17) is 0 Å². The van der Waals surface area contributed by atoms with Gasteiger partial charge in [-0.1, -0.05) is 57.7 Å². The van der Waals surface area contributed by atoms with Crippen molar-refractivity contribution in [3.8, 4) is 0 Å². The first-order valence-electron chi connectivity index (χ1n) is 6.42. The van der Waals surface area contributed by atoms with Gasteiger partial charge in [-0.25, -0.2) is 0 Å². The molecular weight excluding hydrogens is 238 g/mol. The Bertz CT molecular complexity index is 423. The molecule has 0 aliphatic carbocycles. The summed E-state index contributed by atoms with van der Waals surface area (Å²) in [6.07, 6.45) is 0. The van der Waals surface area contributed by atoms with Gasteiger partial charge in [0.2, 0.25) is 5.91 Å². The fourth-order valence-corrected chi connectivity index (χ4v) is 2.97. The number of anilines is 1. The average Bonchev–Trinajstić information content (AvgIpc) is 2.25. The first kappa shape index (κ1) is 15.0. The lowest BCUT2D eigenvalue weighted by molar-refractivity contribution is -0.125. The lowest BCUT2D eigenvalue weighted by Crippen LogP contribution is -2.39. The minimum absolute atomic E-state index is 0.142. The molecule has 0 atom stereocenters. The Labute approximate surface area is 112 Å². The number of carbonyl (C=O) groups is 1. The predicted molar refractivity (Wildman–Crippen MR) is 82.3 cm³/mol. The summed E-state index contributed by atoms with van der Waals surface area (Å²) in [5.41, 5.74) is 0.628. The highest BCUT2D eigenvalue weighted by Crippen LogP contribution is 2.21. The van der Waals surface area contributed by atoms with Crippen LogP contribution in [-0.2, 0) is 4.79 Å². The van der Waals surface area contributed by atoms with Crippen LogP contribution in [0.25, 0.3) is 0 Å². The second kappa shape index (κ2) is 4.88. The van der Waals surface area contributed by atoms with Gasteiger partial charge in [0, 0.05) is 18.2 Å². The van der Waals surface area contributed by atoms with Crippen LogP contribution in [0, 0.1) is 5.41 Å². The summed E-state index contributed by atoms with van der Waals surface area (Å²) in [7, 11) is 0.586. The first-order valence-corrected chi connectivity index (χ1v) is 9.92. The van der Waals surface area contributed by atoms with Gasteiger partial charge in [0.15, 0.2) is 0 Å². The molecule has 0 heterocycles. The van der Waals surface area contributed by atoms with Crippen LogP contribution >= 0.6 is 0 Å². The molecule has 1 rings (SSSR count). The third kappa shape index (κ3) is 3.45.